The molecule has 0 spiro atoms. The van der Waals surface area contributed by atoms with Crippen LogP contribution in [-0.2, 0) is 4.79 Å². The van der Waals surface area contributed by atoms with Gasteiger partial charge in [0.15, 0.2) is 5.79 Å². The van der Waals surface area contributed by atoms with Gasteiger partial charge in [-0.15, -0.1) is 0 Å². The molecule has 0 bridgehead atoms. The normalized spacial score (nSPS) is 20.6. The third-order valence-electron chi connectivity index (χ3n) is 1.65. The zero-order valence-electron chi connectivity index (χ0n) is 7.29. The summed E-state index contributed by atoms with van der Waals surface area (Å²) in [6.07, 6.45) is 4.21. The van der Waals surface area contributed by atoms with E-state index in [4.69, 9.17) is 20.1 Å². The Balaban J connectivity index is 0.000000261. The molecule has 0 aromatic heterocycles. The van der Waals surface area contributed by atoms with Crippen LogP contribution < -0.4 is 0 Å². The summed E-state index contributed by atoms with van der Waals surface area (Å²) in [5.74, 6) is -2.15. The van der Waals surface area contributed by atoms with Crippen LogP contribution in [-0.4, -0.2) is 27.1 Å². The topological polar surface area (TPSA) is 77.8 Å². The summed E-state index contributed by atoms with van der Waals surface area (Å²) in [6.45, 7) is 1.08. The van der Waals surface area contributed by atoms with Crippen LogP contribution in [0.4, 0.5) is 0 Å². The van der Waals surface area contributed by atoms with Crippen molar-refractivity contribution in [3.05, 3.63) is 0 Å². The Morgan fingerprint density at radius 3 is 1.67 bits per heavy atom. The summed E-state index contributed by atoms with van der Waals surface area (Å²) in [4.78, 5) is 9.00. The van der Waals surface area contributed by atoms with Crippen molar-refractivity contribution in [1.82, 2.24) is 0 Å². The van der Waals surface area contributed by atoms with Crippen LogP contribution in [0.1, 0.15) is 39.0 Å². The minimum absolute atomic E-state index is 0.562. The second-order valence-corrected chi connectivity index (χ2v) is 3.06. The highest BCUT2D eigenvalue weighted by Gasteiger charge is 2.24. The van der Waals surface area contributed by atoms with Gasteiger partial charge in [-0.2, -0.15) is 0 Å². The summed E-state index contributed by atoms with van der Waals surface area (Å²) in [5, 5.41) is 25.3. The van der Waals surface area contributed by atoms with Gasteiger partial charge in [0.2, 0.25) is 0 Å². The number of carbonyl (C=O) groups is 1. The maximum Gasteiger partial charge on any atom is 0.300 e. The molecule has 0 amide bonds. The Hall–Kier alpha value is -0.610. The van der Waals surface area contributed by atoms with Crippen LogP contribution in [0.2, 0.25) is 0 Å². The molecule has 3 N–H and O–H groups in total. The van der Waals surface area contributed by atoms with E-state index >= 15 is 0 Å². The predicted molar refractivity (Wildman–Crippen MR) is 43.6 cm³/mol. The maximum absolute atomic E-state index is 9.00. The molecule has 1 aliphatic rings. The Bertz CT molecular complexity index is 130. The van der Waals surface area contributed by atoms with Gasteiger partial charge >= 0.3 is 0 Å². The second kappa shape index (κ2) is 5.11. The first kappa shape index (κ1) is 11.4. The highest BCUT2D eigenvalue weighted by Crippen LogP contribution is 2.24. The van der Waals surface area contributed by atoms with Gasteiger partial charge in [-0.1, -0.05) is 6.42 Å². The first-order valence-electron chi connectivity index (χ1n) is 4.08. The minimum atomic E-state index is -1.32. The molecule has 72 valence electrons. The number of carboxylic acid groups (broad SMARTS) is 1. The lowest BCUT2D eigenvalue weighted by atomic mass is 9.95. The molecule has 0 aliphatic heterocycles. The molecular formula is C8H16O4. The van der Waals surface area contributed by atoms with Crippen molar-refractivity contribution >= 4 is 5.97 Å². The van der Waals surface area contributed by atoms with Gasteiger partial charge in [0, 0.05) is 19.8 Å². The van der Waals surface area contributed by atoms with E-state index in [0.717, 1.165) is 26.2 Å². The lowest BCUT2D eigenvalue weighted by Gasteiger charge is -2.25. The molecule has 1 rings (SSSR count). The molecule has 0 atom stereocenters. The summed E-state index contributed by atoms with van der Waals surface area (Å²) < 4.78 is 0. The minimum Gasteiger partial charge on any atom is -0.481 e. The third kappa shape index (κ3) is 7.50. The fourth-order valence-corrected chi connectivity index (χ4v) is 1.12. The number of aliphatic carboxylic acids is 1. The molecule has 0 aromatic carbocycles. The van der Waals surface area contributed by atoms with Crippen molar-refractivity contribution < 1.29 is 20.1 Å². The van der Waals surface area contributed by atoms with Gasteiger partial charge < -0.3 is 15.3 Å². The van der Waals surface area contributed by atoms with Crippen LogP contribution in [0.25, 0.3) is 0 Å². The summed E-state index contributed by atoms with van der Waals surface area (Å²) >= 11 is 0. The quantitative estimate of drug-likeness (QED) is 0.475. The molecular weight excluding hydrogens is 160 g/mol. The van der Waals surface area contributed by atoms with Gasteiger partial charge in [0.05, 0.1) is 0 Å². The molecule has 0 saturated heterocycles. The molecule has 0 aromatic rings. The molecule has 0 heterocycles. The van der Waals surface area contributed by atoms with E-state index in [1.54, 1.807) is 0 Å². The van der Waals surface area contributed by atoms with Gasteiger partial charge in [-0.3, -0.25) is 4.79 Å². The van der Waals surface area contributed by atoms with E-state index in [2.05, 4.69) is 0 Å². The van der Waals surface area contributed by atoms with Crippen LogP contribution >= 0.6 is 0 Å². The Labute approximate surface area is 71.8 Å². The Morgan fingerprint density at radius 1 is 1.17 bits per heavy atom. The summed E-state index contributed by atoms with van der Waals surface area (Å²) in [6, 6.07) is 0. The zero-order valence-corrected chi connectivity index (χ0v) is 7.29. The van der Waals surface area contributed by atoms with E-state index in [-0.39, 0.29) is 0 Å². The fourth-order valence-electron chi connectivity index (χ4n) is 1.12. The van der Waals surface area contributed by atoms with Crippen molar-refractivity contribution in [3.63, 3.8) is 0 Å². The van der Waals surface area contributed by atoms with E-state index in [1.165, 1.54) is 0 Å². The van der Waals surface area contributed by atoms with Crippen molar-refractivity contribution in [2.75, 3.05) is 0 Å². The van der Waals surface area contributed by atoms with E-state index in [0.29, 0.717) is 12.8 Å². The molecule has 4 heteroatoms. The number of rotatable bonds is 0. The maximum atomic E-state index is 9.00. The lowest BCUT2D eigenvalue weighted by Crippen LogP contribution is -2.30. The highest BCUT2D eigenvalue weighted by atomic mass is 16.5. The first-order valence-corrected chi connectivity index (χ1v) is 4.08. The summed E-state index contributed by atoms with van der Waals surface area (Å²) in [5.41, 5.74) is 0. The number of hydrogen-bond acceptors (Lipinski definition) is 3. The fraction of sp³-hybridized carbons (Fsp3) is 0.875. The molecule has 1 saturated carbocycles. The standard InChI is InChI=1S/C6H12O2.C2H4O2/c7-6(8)4-2-1-3-5-6;1-2(3)4/h7-8H,1-5H2;1H3,(H,3,4). The third-order valence-corrected chi connectivity index (χ3v) is 1.65. The predicted octanol–water partition coefficient (Wildman–Crippen LogP) is 0.722. The van der Waals surface area contributed by atoms with Crippen molar-refractivity contribution in [2.45, 2.75) is 44.8 Å². The second-order valence-electron chi connectivity index (χ2n) is 3.06. The van der Waals surface area contributed by atoms with Crippen LogP contribution in [0.3, 0.4) is 0 Å². The SMILES string of the molecule is CC(=O)O.OC1(O)CCCCC1. The lowest BCUT2D eigenvalue weighted by molar-refractivity contribution is -0.180. The number of carboxylic acids is 1. The van der Waals surface area contributed by atoms with Crippen LogP contribution in [0.15, 0.2) is 0 Å². The molecule has 0 unspecified atom stereocenters. The smallest absolute Gasteiger partial charge is 0.300 e. The van der Waals surface area contributed by atoms with E-state index in [1.807, 2.05) is 0 Å². The van der Waals surface area contributed by atoms with Crippen molar-refractivity contribution in [2.24, 2.45) is 0 Å². The Morgan fingerprint density at radius 2 is 1.50 bits per heavy atom. The average Bonchev–Trinajstić information content (AvgIpc) is 1.85. The van der Waals surface area contributed by atoms with Gasteiger partial charge in [-0.25, -0.2) is 0 Å². The monoisotopic (exact) mass is 176 g/mol. The largest absolute Gasteiger partial charge is 0.481 e. The van der Waals surface area contributed by atoms with Crippen LogP contribution in [0.5, 0.6) is 0 Å². The van der Waals surface area contributed by atoms with E-state index in [9.17, 15) is 0 Å². The molecule has 1 fully saturated rings. The number of aliphatic hydroxyl groups is 2. The zero-order chi connectivity index (χ0) is 9.61. The summed E-state index contributed by atoms with van der Waals surface area (Å²) in [7, 11) is 0. The molecule has 1 aliphatic carbocycles. The highest BCUT2D eigenvalue weighted by molar-refractivity contribution is 5.62. The number of hydrogen-bond donors (Lipinski definition) is 3. The molecule has 12 heavy (non-hydrogen) atoms. The van der Waals surface area contributed by atoms with Crippen LogP contribution in [0, 0.1) is 0 Å². The molecule has 0 radical (unpaired) electrons. The average molecular weight is 176 g/mol. The molecule has 4 nitrogen and oxygen atoms in total. The van der Waals surface area contributed by atoms with E-state index < -0.39 is 11.8 Å². The van der Waals surface area contributed by atoms with Crippen molar-refractivity contribution in [3.8, 4) is 0 Å². The first-order chi connectivity index (χ1) is 5.44. The van der Waals surface area contributed by atoms with Crippen molar-refractivity contribution in [1.29, 1.82) is 0 Å². The van der Waals surface area contributed by atoms with Gasteiger partial charge in [0.25, 0.3) is 5.97 Å². The van der Waals surface area contributed by atoms with Gasteiger partial charge in [-0.05, 0) is 12.8 Å². The van der Waals surface area contributed by atoms with Gasteiger partial charge in [0.1, 0.15) is 0 Å². The Kier molecular flexibility index (Phi) is 4.85.